The smallest absolute Gasteiger partial charge is 0.219 e. The van der Waals surface area contributed by atoms with Gasteiger partial charge < -0.3 is 20.1 Å². The molecule has 0 spiro atoms. The standard InChI is InChI=1S/C20H21N7O2S/c1-3-21-8-9-28-15-5-7-18(22-11-15)29-14-4-6-17-16(10-14)19(24-12-23-17)26-20-25-13(2)27-30-20/h4-7,10-12,21H,3,8-9H2,1-2H3,(H,23,24,25,26,27). The maximum Gasteiger partial charge on any atom is 0.219 e. The van der Waals surface area contributed by atoms with Crippen LogP contribution in [0.4, 0.5) is 10.9 Å². The van der Waals surface area contributed by atoms with Gasteiger partial charge >= 0.3 is 0 Å². The lowest BCUT2D eigenvalue weighted by Crippen LogP contribution is -2.20. The molecule has 30 heavy (non-hydrogen) atoms. The van der Waals surface area contributed by atoms with E-state index >= 15 is 0 Å². The Balaban J connectivity index is 1.48. The minimum atomic E-state index is 0.472. The van der Waals surface area contributed by atoms with Gasteiger partial charge in [-0.25, -0.2) is 19.9 Å². The third kappa shape index (κ3) is 4.97. The van der Waals surface area contributed by atoms with Crippen molar-refractivity contribution >= 4 is 33.4 Å². The van der Waals surface area contributed by atoms with Gasteiger partial charge in [-0.3, -0.25) is 0 Å². The maximum absolute atomic E-state index is 5.91. The summed E-state index contributed by atoms with van der Waals surface area (Å²) in [6, 6.07) is 9.20. The van der Waals surface area contributed by atoms with Crippen molar-refractivity contribution in [2.75, 3.05) is 25.0 Å². The van der Waals surface area contributed by atoms with Crippen LogP contribution in [0.1, 0.15) is 12.7 Å². The molecule has 10 heteroatoms. The number of likely N-dealkylation sites (N-methyl/N-ethyl adjacent to an activating group) is 1. The van der Waals surface area contributed by atoms with Crippen molar-refractivity contribution in [3.8, 4) is 17.4 Å². The molecule has 0 bridgehead atoms. The second-order valence-electron chi connectivity index (χ2n) is 6.31. The molecule has 0 unspecified atom stereocenters. The van der Waals surface area contributed by atoms with Crippen molar-refractivity contribution in [1.82, 2.24) is 29.6 Å². The molecule has 0 aliphatic heterocycles. The minimum absolute atomic E-state index is 0.472. The largest absolute Gasteiger partial charge is 0.491 e. The highest BCUT2D eigenvalue weighted by Gasteiger charge is 2.09. The van der Waals surface area contributed by atoms with Gasteiger partial charge in [-0.15, -0.1) is 0 Å². The van der Waals surface area contributed by atoms with Gasteiger partial charge in [-0.1, -0.05) is 6.92 Å². The van der Waals surface area contributed by atoms with Crippen LogP contribution in [0, 0.1) is 6.92 Å². The van der Waals surface area contributed by atoms with E-state index in [-0.39, 0.29) is 0 Å². The Labute approximate surface area is 177 Å². The molecule has 1 aromatic carbocycles. The number of nitrogens with zero attached hydrogens (tertiary/aromatic N) is 5. The normalized spacial score (nSPS) is 10.9. The molecular formula is C20H21N7O2S. The van der Waals surface area contributed by atoms with E-state index in [1.54, 1.807) is 12.3 Å². The Morgan fingerprint density at radius 3 is 2.73 bits per heavy atom. The molecule has 4 aromatic rings. The van der Waals surface area contributed by atoms with E-state index < -0.39 is 0 Å². The molecule has 3 aromatic heterocycles. The summed E-state index contributed by atoms with van der Waals surface area (Å²) in [6.07, 6.45) is 3.16. The summed E-state index contributed by atoms with van der Waals surface area (Å²) in [5.41, 5.74) is 0.790. The number of ether oxygens (including phenoxy) is 2. The fourth-order valence-electron chi connectivity index (χ4n) is 2.70. The van der Waals surface area contributed by atoms with Crippen LogP contribution in [0.25, 0.3) is 10.9 Å². The first kappa shape index (κ1) is 19.9. The van der Waals surface area contributed by atoms with E-state index in [2.05, 4.69) is 41.9 Å². The van der Waals surface area contributed by atoms with Crippen LogP contribution < -0.4 is 20.1 Å². The highest BCUT2D eigenvalue weighted by atomic mass is 32.1. The van der Waals surface area contributed by atoms with E-state index in [1.165, 1.54) is 17.9 Å². The fourth-order valence-corrected chi connectivity index (χ4v) is 3.27. The van der Waals surface area contributed by atoms with Gasteiger partial charge in [0.05, 0.1) is 11.7 Å². The first-order chi connectivity index (χ1) is 14.7. The predicted octanol–water partition coefficient (Wildman–Crippen LogP) is 3.71. The van der Waals surface area contributed by atoms with Gasteiger partial charge in [0, 0.05) is 29.5 Å². The summed E-state index contributed by atoms with van der Waals surface area (Å²) < 4.78 is 15.7. The molecule has 0 aliphatic carbocycles. The Bertz CT molecular complexity index is 1120. The number of hydrogen-bond donors (Lipinski definition) is 2. The summed E-state index contributed by atoms with van der Waals surface area (Å²) in [5.74, 6) is 3.15. The Kier molecular flexibility index (Phi) is 6.26. The lowest BCUT2D eigenvalue weighted by Gasteiger charge is -2.09. The molecule has 4 rings (SSSR count). The quantitative estimate of drug-likeness (QED) is 0.390. The summed E-state index contributed by atoms with van der Waals surface area (Å²) >= 11 is 1.28. The van der Waals surface area contributed by atoms with E-state index in [0.717, 1.165) is 24.0 Å². The van der Waals surface area contributed by atoms with Crippen molar-refractivity contribution < 1.29 is 9.47 Å². The second-order valence-corrected chi connectivity index (χ2v) is 7.06. The number of fused-ring (bicyclic) bond motifs is 1. The van der Waals surface area contributed by atoms with Crippen molar-refractivity contribution in [3.05, 3.63) is 48.7 Å². The molecule has 0 atom stereocenters. The number of aryl methyl sites for hydroxylation is 1. The van der Waals surface area contributed by atoms with Gasteiger partial charge in [-0.05, 0) is 37.7 Å². The molecule has 0 amide bonds. The lowest BCUT2D eigenvalue weighted by molar-refractivity contribution is 0.313. The van der Waals surface area contributed by atoms with Crippen LogP contribution >= 0.6 is 11.5 Å². The Hall–Kier alpha value is -3.37. The van der Waals surface area contributed by atoms with Gasteiger partial charge in [0.15, 0.2) is 0 Å². The third-order valence-corrected chi connectivity index (χ3v) is 4.81. The average Bonchev–Trinajstić information content (AvgIpc) is 3.17. The minimum Gasteiger partial charge on any atom is -0.491 e. The third-order valence-electron chi connectivity index (χ3n) is 4.09. The number of nitrogens with one attached hydrogen (secondary N) is 2. The molecule has 0 aliphatic rings. The van der Waals surface area contributed by atoms with Gasteiger partial charge in [0.2, 0.25) is 11.0 Å². The maximum atomic E-state index is 5.91. The summed E-state index contributed by atoms with van der Waals surface area (Å²) in [5, 5.41) is 7.88. The highest BCUT2D eigenvalue weighted by Crippen LogP contribution is 2.29. The van der Waals surface area contributed by atoms with Gasteiger partial charge in [-0.2, -0.15) is 4.37 Å². The number of pyridine rings is 1. The van der Waals surface area contributed by atoms with E-state index in [1.807, 2.05) is 31.2 Å². The molecule has 0 radical (unpaired) electrons. The molecule has 0 saturated heterocycles. The monoisotopic (exact) mass is 423 g/mol. The predicted molar refractivity (Wildman–Crippen MR) is 116 cm³/mol. The molecule has 154 valence electrons. The van der Waals surface area contributed by atoms with Crippen LogP contribution in [0.5, 0.6) is 17.4 Å². The summed E-state index contributed by atoms with van der Waals surface area (Å²) in [6.45, 7) is 6.20. The van der Waals surface area contributed by atoms with Gasteiger partial charge in [0.25, 0.3) is 0 Å². The molecular weight excluding hydrogens is 402 g/mol. The first-order valence-corrected chi connectivity index (χ1v) is 10.3. The van der Waals surface area contributed by atoms with E-state index in [0.29, 0.717) is 40.8 Å². The van der Waals surface area contributed by atoms with Crippen molar-refractivity contribution in [3.63, 3.8) is 0 Å². The Morgan fingerprint density at radius 1 is 1.07 bits per heavy atom. The SMILES string of the molecule is CCNCCOc1ccc(Oc2ccc3ncnc(Nc4nc(C)ns4)c3c2)nc1. The lowest BCUT2D eigenvalue weighted by atomic mass is 10.2. The number of rotatable bonds is 9. The summed E-state index contributed by atoms with van der Waals surface area (Å²) in [7, 11) is 0. The van der Waals surface area contributed by atoms with Crippen molar-refractivity contribution in [2.45, 2.75) is 13.8 Å². The van der Waals surface area contributed by atoms with Gasteiger partial charge in [0.1, 0.15) is 36.1 Å². The summed E-state index contributed by atoms with van der Waals surface area (Å²) in [4.78, 5) is 17.3. The average molecular weight is 424 g/mol. The fraction of sp³-hybridized carbons (Fsp3) is 0.250. The molecule has 3 heterocycles. The number of hydrogen-bond acceptors (Lipinski definition) is 10. The molecule has 0 saturated carbocycles. The zero-order chi connectivity index (χ0) is 20.8. The van der Waals surface area contributed by atoms with E-state index in [9.17, 15) is 0 Å². The van der Waals surface area contributed by atoms with Crippen LogP contribution in [0.2, 0.25) is 0 Å². The van der Waals surface area contributed by atoms with Crippen molar-refractivity contribution in [2.24, 2.45) is 0 Å². The van der Waals surface area contributed by atoms with Crippen LogP contribution in [0.3, 0.4) is 0 Å². The molecule has 9 nitrogen and oxygen atoms in total. The van der Waals surface area contributed by atoms with Crippen molar-refractivity contribution in [1.29, 1.82) is 0 Å². The zero-order valence-electron chi connectivity index (χ0n) is 16.6. The van der Waals surface area contributed by atoms with E-state index in [4.69, 9.17) is 9.47 Å². The molecule has 2 N–H and O–H groups in total. The van der Waals surface area contributed by atoms with Crippen LogP contribution in [-0.2, 0) is 0 Å². The Morgan fingerprint density at radius 2 is 1.97 bits per heavy atom. The topological polar surface area (TPSA) is 107 Å². The number of benzene rings is 1. The molecule has 0 fully saturated rings. The first-order valence-electron chi connectivity index (χ1n) is 9.51. The second kappa shape index (κ2) is 9.42. The number of anilines is 2. The number of aromatic nitrogens is 5. The van der Waals surface area contributed by atoms with Crippen LogP contribution in [-0.4, -0.2) is 44.0 Å². The van der Waals surface area contributed by atoms with Crippen LogP contribution in [0.15, 0.2) is 42.9 Å². The highest BCUT2D eigenvalue weighted by molar-refractivity contribution is 7.09. The zero-order valence-corrected chi connectivity index (χ0v) is 17.4.